The Morgan fingerprint density at radius 3 is 3.12 bits per heavy atom. The lowest BCUT2D eigenvalue weighted by atomic mass is 9.90. The molecule has 0 amide bonds. The molecule has 2 atom stereocenters. The zero-order valence-corrected chi connectivity index (χ0v) is 11.1. The van der Waals surface area contributed by atoms with Crippen LogP contribution in [0, 0.1) is 0 Å². The maximum atomic E-state index is 5.84. The predicted octanol–water partition coefficient (Wildman–Crippen LogP) is 1.86. The largest absolute Gasteiger partial charge is 0.375 e. The van der Waals surface area contributed by atoms with Crippen molar-refractivity contribution in [2.45, 2.75) is 51.3 Å². The molecule has 0 bridgehead atoms. The van der Waals surface area contributed by atoms with Crippen molar-refractivity contribution in [3.05, 3.63) is 18.0 Å². The van der Waals surface area contributed by atoms with Crippen LogP contribution in [0.3, 0.4) is 0 Å². The molecule has 1 aromatic rings. The van der Waals surface area contributed by atoms with Crippen LogP contribution in [-0.4, -0.2) is 28.0 Å². The van der Waals surface area contributed by atoms with Crippen molar-refractivity contribution in [3.8, 4) is 0 Å². The predicted molar refractivity (Wildman–Crippen MR) is 67.7 cm³/mol. The molecule has 2 heterocycles. The zero-order chi connectivity index (χ0) is 12.3. The second kappa shape index (κ2) is 5.19. The molecule has 4 nitrogen and oxygen atoms in total. The van der Waals surface area contributed by atoms with Crippen molar-refractivity contribution < 1.29 is 4.74 Å². The molecule has 0 radical (unpaired) electrons. The molecule has 2 rings (SSSR count). The number of nitrogens with one attached hydrogen (secondary N) is 1. The standard InChI is InChI=1S/C13H23N3O/c1-4-13(2)9-11(6-8-17-13)14-10-12-5-7-16(3)15-12/h5,7,11,14H,4,6,8-10H2,1-3H3. The SMILES string of the molecule is CCC1(C)CC(NCc2ccn(C)n2)CCO1. The first kappa shape index (κ1) is 12.6. The minimum Gasteiger partial charge on any atom is -0.375 e. The van der Waals surface area contributed by atoms with E-state index in [0.717, 1.165) is 38.1 Å². The smallest absolute Gasteiger partial charge is 0.0762 e. The lowest BCUT2D eigenvalue weighted by Gasteiger charge is -2.38. The second-order valence-corrected chi connectivity index (χ2v) is 5.20. The van der Waals surface area contributed by atoms with Crippen LogP contribution in [0.5, 0.6) is 0 Å². The van der Waals surface area contributed by atoms with Crippen LogP contribution >= 0.6 is 0 Å². The Labute approximate surface area is 103 Å². The van der Waals surface area contributed by atoms with E-state index >= 15 is 0 Å². The van der Waals surface area contributed by atoms with Crippen LogP contribution < -0.4 is 5.32 Å². The summed E-state index contributed by atoms with van der Waals surface area (Å²) in [6, 6.07) is 2.61. The van der Waals surface area contributed by atoms with Gasteiger partial charge < -0.3 is 10.1 Å². The first-order chi connectivity index (χ1) is 8.11. The third kappa shape index (κ3) is 3.30. The van der Waals surface area contributed by atoms with Gasteiger partial charge in [-0.05, 0) is 32.3 Å². The summed E-state index contributed by atoms with van der Waals surface area (Å²) in [5, 5.41) is 7.96. The van der Waals surface area contributed by atoms with Gasteiger partial charge in [-0.1, -0.05) is 6.92 Å². The van der Waals surface area contributed by atoms with E-state index < -0.39 is 0 Å². The molecular weight excluding hydrogens is 214 g/mol. The van der Waals surface area contributed by atoms with Crippen LogP contribution in [0.4, 0.5) is 0 Å². The van der Waals surface area contributed by atoms with Gasteiger partial charge in [0.15, 0.2) is 0 Å². The summed E-state index contributed by atoms with van der Waals surface area (Å²) in [6.45, 7) is 6.12. The van der Waals surface area contributed by atoms with E-state index in [4.69, 9.17) is 4.74 Å². The fourth-order valence-electron chi connectivity index (χ4n) is 2.36. The van der Waals surface area contributed by atoms with E-state index in [1.165, 1.54) is 0 Å². The summed E-state index contributed by atoms with van der Waals surface area (Å²) in [7, 11) is 1.95. The molecule has 1 saturated heterocycles. The van der Waals surface area contributed by atoms with Gasteiger partial charge in [0.05, 0.1) is 11.3 Å². The molecule has 1 N–H and O–H groups in total. The number of aromatic nitrogens is 2. The summed E-state index contributed by atoms with van der Waals surface area (Å²) >= 11 is 0. The van der Waals surface area contributed by atoms with Gasteiger partial charge in [0.1, 0.15) is 0 Å². The van der Waals surface area contributed by atoms with Gasteiger partial charge in [-0.2, -0.15) is 5.10 Å². The van der Waals surface area contributed by atoms with Gasteiger partial charge >= 0.3 is 0 Å². The van der Waals surface area contributed by atoms with Crippen LogP contribution in [-0.2, 0) is 18.3 Å². The molecular formula is C13H23N3O. The normalized spacial score (nSPS) is 29.5. The molecule has 1 fully saturated rings. The molecule has 0 aromatic carbocycles. The van der Waals surface area contributed by atoms with Crippen molar-refractivity contribution in [1.82, 2.24) is 15.1 Å². The van der Waals surface area contributed by atoms with Gasteiger partial charge in [0.25, 0.3) is 0 Å². The highest BCUT2D eigenvalue weighted by molar-refractivity contribution is 4.99. The Bertz CT molecular complexity index is 363. The first-order valence-electron chi connectivity index (χ1n) is 6.47. The van der Waals surface area contributed by atoms with E-state index in [0.29, 0.717) is 6.04 Å². The fraction of sp³-hybridized carbons (Fsp3) is 0.769. The Kier molecular flexibility index (Phi) is 3.84. The van der Waals surface area contributed by atoms with Crippen molar-refractivity contribution in [2.24, 2.45) is 7.05 Å². The van der Waals surface area contributed by atoms with Gasteiger partial charge in [-0.25, -0.2) is 0 Å². The van der Waals surface area contributed by atoms with Gasteiger partial charge in [0.2, 0.25) is 0 Å². The maximum Gasteiger partial charge on any atom is 0.0762 e. The van der Waals surface area contributed by atoms with Crippen LogP contribution in [0.2, 0.25) is 0 Å². The maximum absolute atomic E-state index is 5.84. The van der Waals surface area contributed by atoms with E-state index in [2.05, 4.69) is 30.3 Å². The third-order valence-electron chi connectivity index (χ3n) is 3.68. The highest BCUT2D eigenvalue weighted by Crippen LogP contribution is 2.27. The van der Waals surface area contributed by atoms with Gasteiger partial charge in [0, 0.05) is 32.4 Å². The Morgan fingerprint density at radius 1 is 1.65 bits per heavy atom. The quantitative estimate of drug-likeness (QED) is 0.868. The monoisotopic (exact) mass is 237 g/mol. The third-order valence-corrected chi connectivity index (χ3v) is 3.68. The molecule has 0 spiro atoms. The van der Waals surface area contributed by atoms with E-state index in [1.54, 1.807) is 0 Å². The summed E-state index contributed by atoms with van der Waals surface area (Å²) in [5.41, 5.74) is 1.16. The Balaban J connectivity index is 1.83. The summed E-state index contributed by atoms with van der Waals surface area (Å²) in [6.07, 6.45) is 5.25. The number of aryl methyl sites for hydroxylation is 1. The molecule has 1 aliphatic rings. The fourth-order valence-corrected chi connectivity index (χ4v) is 2.36. The molecule has 1 aliphatic heterocycles. The number of rotatable bonds is 4. The topological polar surface area (TPSA) is 39.1 Å². The lowest BCUT2D eigenvalue weighted by molar-refractivity contribution is -0.0781. The van der Waals surface area contributed by atoms with Crippen LogP contribution in [0.15, 0.2) is 12.3 Å². The number of ether oxygens (including phenoxy) is 1. The summed E-state index contributed by atoms with van der Waals surface area (Å²) < 4.78 is 7.69. The highest BCUT2D eigenvalue weighted by atomic mass is 16.5. The van der Waals surface area contributed by atoms with Crippen molar-refractivity contribution >= 4 is 0 Å². The molecule has 17 heavy (non-hydrogen) atoms. The minimum atomic E-state index is 0.0556. The van der Waals surface area contributed by atoms with Crippen molar-refractivity contribution in [2.75, 3.05) is 6.61 Å². The minimum absolute atomic E-state index is 0.0556. The number of hydrogen-bond donors (Lipinski definition) is 1. The molecule has 0 aliphatic carbocycles. The molecule has 96 valence electrons. The average Bonchev–Trinajstić information content (AvgIpc) is 2.73. The van der Waals surface area contributed by atoms with E-state index in [1.807, 2.05) is 17.9 Å². The Hall–Kier alpha value is -0.870. The lowest BCUT2D eigenvalue weighted by Crippen LogP contribution is -2.44. The average molecular weight is 237 g/mol. The van der Waals surface area contributed by atoms with E-state index in [-0.39, 0.29) is 5.60 Å². The van der Waals surface area contributed by atoms with Crippen molar-refractivity contribution in [3.63, 3.8) is 0 Å². The Morgan fingerprint density at radius 2 is 2.47 bits per heavy atom. The summed E-state index contributed by atoms with van der Waals surface area (Å²) in [5.74, 6) is 0. The highest BCUT2D eigenvalue weighted by Gasteiger charge is 2.31. The number of hydrogen-bond acceptors (Lipinski definition) is 3. The van der Waals surface area contributed by atoms with Crippen LogP contribution in [0.1, 0.15) is 38.8 Å². The zero-order valence-electron chi connectivity index (χ0n) is 11.1. The van der Waals surface area contributed by atoms with Gasteiger partial charge in [-0.15, -0.1) is 0 Å². The van der Waals surface area contributed by atoms with Gasteiger partial charge in [-0.3, -0.25) is 4.68 Å². The molecule has 4 heteroatoms. The number of nitrogens with zero attached hydrogens (tertiary/aromatic N) is 2. The van der Waals surface area contributed by atoms with E-state index in [9.17, 15) is 0 Å². The van der Waals surface area contributed by atoms with Crippen molar-refractivity contribution in [1.29, 1.82) is 0 Å². The first-order valence-corrected chi connectivity index (χ1v) is 6.47. The molecule has 1 aromatic heterocycles. The molecule has 0 saturated carbocycles. The summed E-state index contributed by atoms with van der Waals surface area (Å²) in [4.78, 5) is 0. The van der Waals surface area contributed by atoms with Crippen LogP contribution in [0.25, 0.3) is 0 Å². The second-order valence-electron chi connectivity index (χ2n) is 5.20. The molecule has 2 unspecified atom stereocenters.